The van der Waals surface area contributed by atoms with Gasteiger partial charge in [0.1, 0.15) is 5.92 Å². The van der Waals surface area contributed by atoms with Crippen molar-refractivity contribution < 1.29 is 32.7 Å². The van der Waals surface area contributed by atoms with E-state index < -0.39 is 39.6 Å². The molecule has 11 heteroatoms. The van der Waals surface area contributed by atoms with Crippen molar-refractivity contribution in [3.05, 3.63) is 96.2 Å². The maximum absolute atomic E-state index is 13.9. The molecular formula is C30H25N3O7S. The lowest BCUT2D eigenvalue weighted by molar-refractivity contribution is -0.132. The van der Waals surface area contributed by atoms with Gasteiger partial charge in [0.2, 0.25) is 11.8 Å². The second-order valence-corrected chi connectivity index (χ2v) is 12.4. The number of carboxylic acids is 1. The number of rotatable bonds is 6. The van der Waals surface area contributed by atoms with Gasteiger partial charge in [0.25, 0.3) is 0 Å². The van der Waals surface area contributed by atoms with Crippen molar-refractivity contribution in [2.45, 2.75) is 18.9 Å². The molecule has 0 radical (unpaired) electrons. The molecule has 2 atom stereocenters. The van der Waals surface area contributed by atoms with Crippen LogP contribution in [0.25, 0.3) is 10.9 Å². The topological polar surface area (TPSA) is 134 Å². The maximum Gasteiger partial charge on any atom is 0.342 e. The standard InChI is InChI=1S/C30H25N3O7S/c34-27-25(16-20-17-31(23-14-15-41(39,40)18-23)26-9-5-4-8-24(20)26)28(35)33(22-12-10-19(11-13-22)29(36)37)30(38)32(27)21-6-2-1-3-7-21/h1-13,17,23,25H,14-16,18H2,(H,36,37). The van der Waals surface area contributed by atoms with E-state index in [1.54, 1.807) is 30.3 Å². The second kappa shape index (κ2) is 10.0. The minimum Gasteiger partial charge on any atom is -0.478 e. The van der Waals surface area contributed by atoms with Crippen LogP contribution in [0.5, 0.6) is 0 Å². The smallest absolute Gasteiger partial charge is 0.342 e. The number of sulfone groups is 1. The van der Waals surface area contributed by atoms with Crippen LogP contribution in [0.2, 0.25) is 0 Å². The molecule has 2 aliphatic heterocycles. The summed E-state index contributed by atoms with van der Waals surface area (Å²) >= 11 is 0. The fraction of sp³-hybridized carbons (Fsp3) is 0.200. The van der Waals surface area contributed by atoms with Gasteiger partial charge in [-0.05, 0) is 60.9 Å². The van der Waals surface area contributed by atoms with Gasteiger partial charge < -0.3 is 9.67 Å². The van der Waals surface area contributed by atoms with Gasteiger partial charge >= 0.3 is 12.0 Å². The Morgan fingerprint density at radius 1 is 0.829 bits per heavy atom. The highest BCUT2D eigenvalue weighted by Gasteiger charge is 2.47. The molecule has 4 aromatic rings. The monoisotopic (exact) mass is 571 g/mol. The van der Waals surface area contributed by atoms with E-state index in [1.807, 2.05) is 35.0 Å². The van der Waals surface area contributed by atoms with Gasteiger partial charge in [-0.2, -0.15) is 0 Å². The second-order valence-electron chi connectivity index (χ2n) is 10.2. The van der Waals surface area contributed by atoms with E-state index in [0.29, 0.717) is 17.7 Å². The van der Waals surface area contributed by atoms with Crippen molar-refractivity contribution in [3.8, 4) is 0 Å². The largest absolute Gasteiger partial charge is 0.478 e. The van der Waals surface area contributed by atoms with Gasteiger partial charge in [0, 0.05) is 23.1 Å². The summed E-state index contributed by atoms with van der Waals surface area (Å²) in [5.41, 5.74) is 1.91. The minimum absolute atomic E-state index is 0.0139. The van der Waals surface area contributed by atoms with Crippen molar-refractivity contribution >= 4 is 55.9 Å². The third-order valence-corrected chi connectivity index (χ3v) is 9.41. The van der Waals surface area contributed by atoms with Gasteiger partial charge in [-0.1, -0.05) is 36.4 Å². The highest BCUT2D eigenvalue weighted by atomic mass is 32.2. The summed E-state index contributed by atoms with van der Waals surface area (Å²) in [5, 5.41) is 10.1. The van der Waals surface area contributed by atoms with Gasteiger partial charge in [-0.25, -0.2) is 27.8 Å². The average Bonchev–Trinajstić information content (AvgIpc) is 3.51. The molecule has 10 nitrogen and oxygen atoms in total. The number of anilines is 2. The number of aromatic nitrogens is 1. The van der Waals surface area contributed by atoms with E-state index in [-0.39, 0.29) is 35.2 Å². The van der Waals surface area contributed by atoms with E-state index in [1.165, 1.54) is 24.3 Å². The first-order chi connectivity index (χ1) is 19.6. The molecule has 0 spiro atoms. The zero-order valence-electron chi connectivity index (χ0n) is 21.7. The van der Waals surface area contributed by atoms with Crippen molar-refractivity contribution in [2.75, 3.05) is 21.3 Å². The number of fused-ring (bicyclic) bond motifs is 1. The first-order valence-corrected chi connectivity index (χ1v) is 14.9. The van der Waals surface area contributed by atoms with Crippen LogP contribution in [-0.2, 0) is 25.8 Å². The fourth-order valence-corrected chi connectivity index (χ4v) is 7.35. The first-order valence-electron chi connectivity index (χ1n) is 13.0. The predicted octanol–water partition coefficient (Wildman–Crippen LogP) is 4.06. The van der Waals surface area contributed by atoms with Crippen molar-refractivity contribution in [2.24, 2.45) is 5.92 Å². The normalized spacial score (nSPS) is 20.6. The molecule has 1 N–H and O–H groups in total. The molecule has 3 aromatic carbocycles. The third-order valence-electron chi connectivity index (χ3n) is 7.66. The Morgan fingerprint density at radius 2 is 1.44 bits per heavy atom. The molecule has 1 aromatic heterocycles. The number of carbonyl (C=O) groups is 4. The Bertz CT molecular complexity index is 1810. The number of amides is 4. The zero-order valence-corrected chi connectivity index (χ0v) is 22.5. The van der Waals surface area contributed by atoms with E-state index >= 15 is 0 Å². The van der Waals surface area contributed by atoms with Crippen LogP contribution < -0.4 is 9.80 Å². The van der Waals surface area contributed by atoms with Crippen LogP contribution in [0, 0.1) is 5.92 Å². The molecule has 2 fully saturated rings. The summed E-state index contributed by atoms with van der Waals surface area (Å²) in [7, 11) is -3.15. The van der Waals surface area contributed by atoms with Crippen molar-refractivity contribution in [1.29, 1.82) is 0 Å². The highest BCUT2D eigenvalue weighted by molar-refractivity contribution is 7.91. The molecule has 2 aliphatic rings. The number of nitrogens with zero attached hydrogens (tertiary/aromatic N) is 3. The summed E-state index contributed by atoms with van der Waals surface area (Å²) in [4.78, 5) is 54.6. The molecule has 3 heterocycles. The number of hydrogen-bond acceptors (Lipinski definition) is 6. The number of aromatic carboxylic acids is 1. The lowest BCUT2D eigenvalue weighted by atomic mass is 9.93. The number of para-hydroxylation sites is 2. The minimum atomic E-state index is -3.15. The van der Waals surface area contributed by atoms with Crippen LogP contribution in [0.3, 0.4) is 0 Å². The van der Waals surface area contributed by atoms with Gasteiger partial charge in [0.05, 0.1) is 28.4 Å². The van der Waals surface area contributed by atoms with Gasteiger partial charge in [0.15, 0.2) is 9.84 Å². The molecule has 6 rings (SSSR count). The summed E-state index contributed by atoms with van der Waals surface area (Å²) in [6, 6.07) is 19.9. The molecule has 2 unspecified atom stereocenters. The highest BCUT2D eigenvalue weighted by Crippen LogP contribution is 2.35. The van der Waals surface area contributed by atoms with Crippen LogP contribution in [0.1, 0.15) is 28.4 Å². The molecule has 0 bridgehead atoms. The van der Waals surface area contributed by atoms with Crippen molar-refractivity contribution in [3.63, 3.8) is 0 Å². The lowest BCUT2D eigenvalue weighted by Gasteiger charge is -2.37. The summed E-state index contributed by atoms with van der Waals surface area (Å²) in [5.74, 6) is -3.71. The number of benzene rings is 3. The number of carbonyl (C=O) groups excluding carboxylic acids is 3. The first kappa shape index (κ1) is 26.5. The number of hydrogen-bond donors (Lipinski definition) is 1. The van der Waals surface area contributed by atoms with Crippen LogP contribution in [0.4, 0.5) is 16.2 Å². The Morgan fingerprint density at radius 3 is 2.05 bits per heavy atom. The SMILES string of the molecule is O=C(O)c1ccc(N2C(=O)C(Cc3cn(C4CCS(=O)(=O)C4)c4ccccc34)C(=O)N(c3ccccc3)C2=O)cc1. The Kier molecular flexibility index (Phi) is 6.46. The molecule has 208 valence electrons. The quantitative estimate of drug-likeness (QED) is 0.345. The number of urea groups is 1. The van der Waals surface area contributed by atoms with Crippen LogP contribution >= 0.6 is 0 Å². The summed E-state index contributed by atoms with van der Waals surface area (Å²) in [6.45, 7) is 0. The van der Waals surface area contributed by atoms with Crippen LogP contribution in [-0.4, -0.2) is 53.4 Å². The van der Waals surface area contributed by atoms with Crippen molar-refractivity contribution in [1.82, 2.24) is 4.57 Å². The molecular weight excluding hydrogens is 546 g/mol. The summed E-state index contributed by atoms with van der Waals surface area (Å²) in [6.07, 6.45) is 2.26. The Labute approximate surface area is 235 Å². The van der Waals surface area contributed by atoms with Gasteiger partial charge in [-0.3, -0.25) is 9.59 Å². The van der Waals surface area contributed by atoms with E-state index in [9.17, 15) is 32.7 Å². The maximum atomic E-state index is 13.9. The average molecular weight is 572 g/mol. The molecule has 0 saturated carbocycles. The van der Waals surface area contributed by atoms with Gasteiger partial charge in [-0.15, -0.1) is 0 Å². The van der Waals surface area contributed by atoms with E-state index in [4.69, 9.17) is 0 Å². The Balaban J connectivity index is 1.43. The fourth-order valence-electron chi connectivity index (χ4n) is 5.64. The molecule has 41 heavy (non-hydrogen) atoms. The Hall–Kier alpha value is -4.77. The van der Waals surface area contributed by atoms with E-state index in [0.717, 1.165) is 20.7 Å². The number of barbiturate groups is 1. The number of imide groups is 2. The lowest BCUT2D eigenvalue weighted by Crippen LogP contribution is -2.61. The molecule has 4 amide bonds. The summed E-state index contributed by atoms with van der Waals surface area (Å²) < 4.78 is 26.3. The predicted molar refractivity (Wildman–Crippen MR) is 152 cm³/mol. The molecule has 0 aliphatic carbocycles. The van der Waals surface area contributed by atoms with Crippen LogP contribution in [0.15, 0.2) is 85.1 Å². The third kappa shape index (κ3) is 4.67. The van der Waals surface area contributed by atoms with E-state index in [2.05, 4.69) is 0 Å². The zero-order chi connectivity index (χ0) is 28.9. The number of carboxylic acid groups (broad SMARTS) is 1. The molecule has 2 saturated heterocycles.